The van der Waals surface area contributed by atoms with E-state index < -0.39 is 12.6 Å². The number of aromatic amines is 1. The van der Waals surface area contributed by atoms with Gasteiger partial charge in [0.25, 0.3) is 0 Å². The van der Waals surface area contributed by atoms with Crippen LogP contribution in [0.15, 0.2) is 48.8 Å². The average molecular weight is 513 g/mol. The standard InChI is InChI=1S/C26H31F3N8/c27-26(28,29)11-13-37-16-19(15-32-37)21(22-14-23(30)33-25-24(22)34-36-35-25)10-12-31-20-8-6-18(7-9-20)17-4-2-1-3-5-17/h1-5,14-16,18,20-21,31H,6-13H2,(H3,30,33,34,35,36)/t18-,20-,21?. The number of anilines is 1. The Balaban J connectivity index is 1.28. The molecule has 196 valence electrons. The van der Waals surface area contributed by atoms with Crippen molar-refractivity contribution in [1.29, 1.82) is 0 Å². The van der Waals surface area contributed by atoms with E-state index in [1.807, 2.05) is 0 Å². The van der Waals surface area contributed by atoms with Crippen LogP contribution in [0.25, 0.3) is 11.2 Å². The summed E-state index contributed by atoms with van der Waals surface area (Å²) in [5.41, 5.74) is 10.2. The van der Waals surface area contributed by atoms with Gasteiger partial charge >= 0.3 is 6.18 Å². The molecule has 4 aromatic rings. The number of benzene rings is 1. The number of H-pyrrole nitrogens is 1. The quantitative estimate of drug-likeness (QED) is 0.294. The van der Waals surface area contributed by atoms with Crippen LogP contribution in [0.3, 0.4) is 0 Å². The van der Waals surface area contributed by atoms with Crippen molar-refractivity contribution in [3.8, 4) is 0 Å². The first-order valence-corrected chi connectivity index (χ1v) is 12.7. The second-order valence-corrected chi connectivity index (χ2v) is 9.80. The van der Waals surface area contributed by atoms with E-state index in [2.05, 4.69) is 61.1 Å². The number of halogens is 3. The average Bonchev–Trinajstić information content (AvgIpc) is 3.55. The molecule has 0 bridgehead atoms. The van der Waals surface area contributed by atoms with Crippen molar-refractivity contribution in [3.63, 3.8) is 0 Å². The molecule has 0 aliphatic heterocycles. The largest absolute Gasteiger partial charge is 0.390 e. The third kappa shape index (κ3) is 6.27. The van der Waals surface area contributed by atoms with E-state index in [9.17, 15) is 13.2 Å². The topological polar surface area (TPSA) is 110 Å². The van der Waals surface area contributed by atoms with Gasteiger partial charge in [-0.3, -0.25) is 4.68 Å². The van der Waals surface area contributed by atoms with Gasteiger partial charge in [0.1, 0.15) is 11.3 Å². The molecule has 0 saturated heterocycles. The Kier molecular flexibility index (Phi) is 7.40. The lowest BCUT2D eigenvalue weighted by Gasteiger charge is -2.30. The minimum atomic E-state index is -4.23. The molecule has 1 fully saturated rings. The lowest BCUT2D eigenvalue weighted by Crippen LogP contribution is -2.34. The van der Waals surface area contributed by atoms with Gasteiger partial charge in [0.15, 0.2) is 5.65 Å². The third-order valence-electron chi connectivity index (χ3n) is 7.27. The molecule has 0 spiro atoms. The molecule has 37 heavy (non-hydrogen) atoms. The molecule has 0 amide bonds. The van der Waals surface area contributed by atoms with Crippen LogP contribution in [0.4, 0.5) is 19.0 Å². The lowest BCUT2D eigenvalue weighted by atomic mass is 9.81. The highest BCUT2D eigenvalue weighted by Crippen LogP contribution is 2.34. The fraction of sp³-hybridized carbons (Fsp3) is 0.462. The first kappa shape index (κ1) is 25.2. The second kappa shape index (κ2) is 10.9. The van der Waals surface area contributed by atoms with Crippen LogP contribution in [0.2, 0.25) is 0 Å². The summed E-state index contributed by atoms with van der Waals surface area (Å²) < 4.78 is 39.5. The predicted molar refractivity (Wildman–Crippen MR) is 135 cm³/mol. The van der Waals surface area contributed by atoms with Crippen molar-refractivity contribution in [3.05, 3.63) is 65.5 Å². The zero-order valence-corrected chi connectivity index (χ0v) is 20.5. The number of pyridine rings is 1. The third-order valence-corrected chi connectivity index (χ3v) is 7.27. The van der Waals surface area contributed by atoms with Gasteiger partial charge in [-0.05, 0) is 67.3 Å². The van der Waals surface area contributed by atoms with Crippen LogP contribution in [-0.2, 0) is 6.54 Å². The zero-order valence-electron chi connectivity index (χ0n) is 20.5. The highest BCUT2D eigenvalue weighted by Gasteiger charge is 2.28. The Morgan fingerprint density at radius 2 is 1.92 bits per heavy atom. The smallest absolute Gasteiger partial charge is 0.384 e. The summed E-state index contributed by atoms with van der Waals surface area (Å²) in [6, 6.07) is 12.9. The van der Waals surface area contributed by atoms with Gasteiger partial charge in [-0.25, -0.2) is 10.1 Å². The van der Waals surface area contributed by atoms with Crippen molar-refractivity contribution in [1.82, 2.24) is 35.5 Å². The molecule has 11 heteroatoms. The van der Waals surface area contributed by atoms with E-state index >= 15 is 0 Å². The fourth-order valence-corrected chi connectivity index (χ4v) is 5.36. The molecule has 8 nitrogen and oxygen atoms in total. The molecule has 1 aliphatic carbocycles. The molecule has 1 saturated carbocycles. The first-order valence-electron chi connectivity index (χ1n) is 12.7. The number of hydrogen-bond acceptors (Lipinski definition) is 6. The van der Waals surface area contributed by atoms with Crippen LogP contribution in [0, 0.1) is 0 Å². The summed E-state index contributed by atoms with van der Waals surface area (Å²) in [6.45, 7) is 0.512. The summed E-state index contributed by atoms with van der Waals surface area (Å²) >= 11 is 0. The lowest BCUT2D eigenvalue weighted by molar-refractivity contribution is -0.137. The van der Waals surface area contributed by atoms with Gasteiger partial charge < -0.3 is 11.1 Å². The van der Waals surface area contributed by atoms with Crippen LogP contribution >= 0.6 is 0 Å². The number of nitrogens with zero attached hydrogens (tertiary/aromatic N) is 5. The maximum Gasteiger partial charge on any atom is 0.390 e. The molecule has 5 rings (SSSR count). The van der Waals surface area contributed by atoms with Crippen molar-refractivity contribution in [2.24, 2.45) is 0 Å². The van der Waals surface area contributed by atoms with Crippen molar-refractivity contribution < 1.29 is 13.2 Å². The number of nitrogens with one attached hydrogen (secondary N) is 2. The van der Waals surface area contributed by atoms with Crippen LogP contribution < -0.4 is 11.1 Å². The fourth-order valence-electron chi connectivity index (χ4n) is 5.36. The minimum absolute atomic E-state index is 0.175. The number of alkyl halides is 3. The van der Waals surface area contributed by atoms with E-state index in [0.717, 1.165) is 43.4 Å². The Labute approximate surface area is 212 Å². The Bertz CT molecular complexity index is 1290. The monoisotopic (exact) mass is 512 g/mol. The predicted octanol–water partition coefficient (Wildman–Crippen LogP) is 4.92. The molecule has 4 N–H and O–H groups in total. The SMILES string of the molecule is Nc1cc(C(CCN[C@H]2CC[C@H](c3ccccc3)CC2)c2cnn(CCC(F)(F)F)c2)c2nn[nH]c2n1. The van der Waals surface area contributed by atoms with Crippen LogP contribution in [-0.4, -0.2) is 48.9 Å². The zero-order chi connectivity index (χ0) is 25.8. The van der Waals surface area contributed by atoms with Crippen molar-refractivity contribution in [2.45, 2.75) is 69.1 Å². The number of hydrogen-bond donors (Lipinski definition) is 3. The van der Waals surface area contributed by atoms with E-state index in [0.29, 0.717) is 35.4 Å². The maximum absolute atomic E-state index is 12.7. The van der Waals surface area contributed by atoms with Gasteiger partial charge in [-0.15, -0.1) is 5.10 Å². The molecule has 3 aromatic heterocycles. The van der Waals surface area contributed by atoms with E-state index in [-0.39, 0.29) is 12.5 Å². The summed E-state index contributed by atoms with van der Waals surface area (Å²) in [7, 11) is 0. The number of nitrogens with two attached hydrogens (primary N) is 1. The summed E-state index contributed by atoms with van der Waals surface area (Å²) in [4.78, 5) is 4.26. The molecule has 1 atom stereocenters. The Morgan fingerprint density at radius 3 is 2.68 bits per heavy atom. The molecule has 1 aromatic carbocycles. The van der Waals surface area contributed by atoms with Gasteiger partial charge in [0, 0.05) is 24.7 Å². The van der Waals surface area contributed by atoms with Crippen molar-refractivity contribution >= 4 is 17.0 Å². The van der Waals surface area contributed by atoms with Gasteiger partial charge in [0.05, 0.1) is 12.6 Å². The molecular formula is C26H31F3N8. The second-order valence-electron chi connectivity index (χ2n) is 9.80. The van der Waals surface area contributed by atoms with Crippen LogP contribution in [0.1, 0.15) is 67.1 Å². The van der Waals surface area contributed by atoms with E-state index in [4.69, 9.17) is 5.73 Å². The Hall–Kier alpha value is -3.47. The normalized spacial score (nSPS) is 19.3. The number of aromatic nitrogens is 6. The molecule has 3 heterocycles. The number of fused-ring (bicyclic) bond motifs is 1. The highest BCUT2D eigenvalue weighted by atomic mass is 19.4. The summed E-state index contributed by atoms with van der Waals surface area (Å²) in [6.07, 6.45) is 3.37. The summed E-state index contributed by atoms with van der Waals surface area (Å²) in [5.74, 6) is 0.760. The van der Waals surface area contributed by atoms with Gasteiger partial charge in [0.2, 0.25) is 0 Å². The first-order chi connectivity index (χ1) is 17.9. The minimum Gasteiger partial charge on any atom is -0.384 e. The number of rotatable bonds is 9. The highest BCUT2D eigenvalue weighted by molar-refractivity contribution is 5.77. The Morgan fingerprint density at radius 1 is 1.14 bits per heavy atom. The van der Waals surface area contributed by atoms with Crippen molar-refractivity contribution in [2.75, 3.05) is 12.3 Å². The maximum atomic E-state index is 12.7. The van der Waals surface area contributed by atoms with E-state index in [1.54, 1.807) is 18.5 Å². The van der Waals surface area contributed by atoms with E-state index in [1.165, 1.54) is 10.2 Å². The summed E-state index contributed by atoms with van der Waals surface area (Å²) in [5, 5.41) is 18.7. The molecular weight excluding hydrogens is 481 g/mol. The number of nitrogen functional groups attached to an aromatic ring is 1. The molecule has 0 radical (unpaired) electrons. The molecule has 1 aliphatic rings. The molecule has 1 unspecified atom stereocenters. The van der Waals surface area contributed by atoms with Gasteiger partial charge in [-0.2, -0.15) is 18.3 Å². The van der Waals surface area contributed by atoms with Gasteiger partial charge in [-0.1, -0.05) is 35.5 Å². The number of aryl methyl sites for hydroxylation is 1. The van der Waals surface area contributed by atoms with Crippen LogP contribution in [0.5, 0.6) is 0 Å².